The quantitative estimate of drug-likeness (QED) is 0.279. The van der Waals surface area contributed by atoms with Gasteiger partial charge in [0.15, 0.2) is 23.3 Å². The normalized spacial score (nSPS) is 11.8. The van der Waals surface area contributed by atoms with Crippen molar-refractivity contribution in [3.63, 3.8) is 0 Å². The van der Waals surface area contributed by atoms with E-state index in [4.69, 9.17) is 5.14 Å². The molecule has 0 aromatic heterocycles. The average Bonchev–Trinajstić information content (AvgIpc) is 2.78. The van der Waals surface area contributed by atoms with Crippen LogP contribution in [0.3, 0.4) is 0 Å². The Morgan fingerprint density at radius 3 is 1.88 bits per heavy atom. The van der Waals surface area contributed by atoms with Crippen LogP contribution in [0.15, 0.2) is 53.4 Å². The Bertz CT molecular complexity index is 1250. The Labute approximate surface area is 188 Å². The summed E-state index contributed by atoms with van der Waals surface area (Å²) in [7, 11) is -4.10. The number of primary sulfonamides is 1. The predicted octanol–water partition coefficient (Wildman–Crippen LogP) is 5.36. The Hall–Kier alpha value is -2.98. The van der Waals surface area contributed by atoms with Crippen molar-refractivity contribution in [3.8, 4) is 0 Å². The molecular formula is C23H21F5N2O2S. The summed E-state index contributed by atoms with van der Waals surface area (Å²) in [5.41, 5.74) is 0.843. The number of benzene rings is 3. The lowest BCUT2D eigenvalue weighted by molar-refractivity contribution is 0.369. The van der Waals surface area contributed by atoms with Gasteiger partial charge in [0.25, 0.3) is 0 Å². The zero-order valence-corrected chi connectivity index (χ0v) is 18.6. The number of hydrogen-bond acceptors (Lipinski definition) is 3. The summed E-state index contributed by atoms with van der Waals surface area (Å²) in [4.78, 5) is 1.04. The summed E-state index contributed by atoms with van der Waals surface area (Å²) in [6.07, 6.45) is 0. The van der Waals surface area contributed by atoms with E-state index < -0.39 is 51.2 Å². The van der Waals surface area contributed by atoms with E-state index in [9.17, 15) is 30.4 Å². The second-order valence-corrected chi connectivity index (χ2v) is 9.40. The molecule has 0 saturated heterocycles. The van der Waals surface area contributed by atoms with Crippen molar-refractivity contribution in [2.45, 2.75) is 37.8 Å². The minimum Gasteiger partial charge on any atom is -0.363 e. The highest BCUT2D eigenvalue weighted by Gasteiger charge is 2.27. The van der Waals surface area contributed by atoms with E-state index >= 15 is 0 Å². The van der Waals surface area contributed by atoms with Crippen LogP contribution in [-0.2, 0) is 23.1 Å². The third kappa shape index (κ3) is 5.33. The first-order valence-electron chi connectivity index (χ1n) is 9.87. The second-order valence-electron chi connectivity index (χ2n) is 7.84. The minimum absolute atomic E-state index is 0.00799. The molecule has 3 aromatic carbocycles. The molecule has 0 radical (unpaired) electrons. The van der Waals surface area contributed by atoms with Crippen LogP contribution in [0, 0.1) is 29.1 Å². The Morgan fingerprint density at radius 1 is 0.818 bits per heavy atom. The number of rotatable bonds is 7. The van der Waals surface area contributed by atoms with Crippen LogP contribution in [0.2, 0.25) is 0 Å². The summed E-state index contributed by atoms with van der Waals surface area (Å²) in [5.74, 6) is -9.99. The standard InChI is InChI=1S/C23H21F5N2O2S/c1-13(2)15-8-6-14(7-9-15)11-30(16-4-3-5-17(10-16)33(29,31)32)12-18-19(24)21(26)23(28)22(27)20(18)25/h3-10,13H,11-12H2,1-2H3,(H2,29,31,32). The average molecular weight is 484 g/mol. The highest BCUT2D eigenvalue weighted by Crippen LogP contribution is 2.28. The van der Waals surface area contributed by atoms with Crippen molar-refractivity contribution in [3.05, 3.63) is 94.3 Å². The maximum Gasteiger partial charge on any atom is 0.238 e. The van der Waals surface area contributed by atoms with E-state index in [1.165, 1.54) is 29.2 Å². The molecule has 0 saturated carbocycles. The van der Waals surface area contributed by atoms with Gasteiger partial charge < -0.3 is 4.90 Å². The first-order chi connectivity index (χ1) is 15.4. The Kier molecular flexibility index (Phi) is 7.08. The van der Waals surface area contributed by atoms with Crippen molar-refractivity contribution in [2.75, 3.05) is 4.90 Å². The molecule has 10 heteroatoms. The van der Waals surface area contributed by atoms with Gasteiger partial charge in [0.05, 0.1) is 4.90 Å². The highest BCUT2D eigenvalue weighted by molar-refractivity contribution is 7.89. The van der Waals surface area contributed by atoms with Crippen molar-refractivity contribution in [1.29, 1.82) is 0 Å². The van der Waals surface area contributed by atoms with Crippen molar-refractivity contribution >= 4 is 15.7 Å². The van der Waals surface area contributed by atoms with E-state index in [0.717, 1.165) is 5.56 Å². The van der Waals surface area contributed by atoms with Gasteiger partial charge in [-0.3, -0.25) is 0 Å². The Balaban J connectivity index is 2.09. The van der Waals surface area contributed by atoms with Gasteiger partial charge in [0, 0.05) is 24.3 Å². The van der Waals surface area contributed by atoms with Gasteiger partial charge in [-0.2, -0.15) is 0 Å². The summed E-state index contributed by atoms with van der Waals surface area (Å²) in [6, 6.07) is 12.5. The van der Waals surface area contributed by atoms with Gasteiger partial charge >= 0.3 is 0 Å². The lowest BCUT2D eigenvalue weighted by Gasteiger charge is -2.26. The summed E-state index contributed by atoms with van der Waals surface area (Å²) < 4.78 is 93.2. The molecule has 176 valence electrons. The van der Waals surface area contributed by atoms with Crippen LogP contribution in [0.5, 0.6) is 0 Å². The number of halogens is 5. The van der Waals surface area contributed by atoms with Gasteiger partial charge in [0.2, 0.25) is 15.8 Å². The molecule has 0 heterocycles. The second kappa shape index (κ2) is 9.48. The fourth-order valence-corrected chi connectivity index (χ4v) is 3.86. The first kappa shape index (κ1) is 24.7. The smallest absolute Gasteiger partial charge is 0.238 e. The fraction of sp³-hybridized carbons (Fsp3) is 0.217. The number of nitrogens with two attached hydrogens (primary N) is 1. The molecule has 0 amide bonds. The van der Waals surface area contributed by atoms with E-state index in [2.05, 4.69) is 0 Å². The number of hydrogen-bond donors (Lipinski definition) is 1. The molecule has 2 N–H and O–H groups in total. The van der Waals surface area contributed by atoms with Crippen molar-refractivity contribution in [1.82, 2.24) is 0 Å². The third-order valence-corrected chi connectivity index (χ3v) is 6.09. The first-order valence-corrected chi connectivity index (χ1v) is 11.4. The number of anilines is 1. The molecule has 33 heavy (non-hydrogen) atoms. The molecule has 0 aliphatic carbocycles. The van der Waals surface area contributed by atoms with Crippen molar-refractivity contribution < 1.29 is 30.4 Å². The van der Waals surface area contributed by atoms with Crippen molar-refractivity contribution in [2.24, 2.45) is 5.14 Å². The molecule has 3 aromatic rings. The highest BCUT2D eigenvalue weighted by atomic mass is 32.2. The monoisotopic (exact) mass is 484 g/mol. The largest absolute Gasteiger partial charge is 0.363 e. The molecule has 0 aliphatic heterocycles. The van der Waals surface area contributed by atoms with Gasteiger partial charge in [-0.1, -0.05) is 44.2 Å². The zero-order chi connectivity index (χ0) is 24.5. The van der Waals surface area contributed by atoms with Crippen LogP contribution in [0.1, 0.15) is 36.5 Å². The predicted molar refractivity (Wildman–Crippen MR) is 114 cm³/mol. The lowest BCUT2D eigenvalue weighted by atomic mass is 10.0. The number of sulfonamides is 1. The molecule has 0 spiro atoms. The third-order valence-electron chi connectivity index (χ3n) is 5.18. The van der Waals surface area contributed by atoms with Gasteiger partial charge in [-0.15, -0.1) is 0 Å². The maximum absolute atomic E-state index is 14.4. The molecule has 0 fully saturated rings. The SMILES string of the molecule is CC(C)c1ccc(CN(Cc2c(F)c(F)c(F)c(F)c2F)c2cccc(S(N)(=O)=O)c2)cc1. The van der Waals surface area contributed by atoms with E-state index in [1.807, 2.05) is 26.0 Å². The molecule has 4 nitrogen and oxygen atoms in total. The van der Waals surface area contributed by atoms with Crippen LogP contribution in [0.4, 0.5) is 27.6 Å². The van der Waals surface area contributed by atoms with E-state index in [1.54, 1.807) is 12.1 Å². The molecule has 3 rings (SSSR count). The minimum atomic E-state index is -4.10. The maximum atomic E-state index is 14.4. The van der Waals surface area contributed by atoms with Gasteiger partial charge in [-0.05, 0) is 35.2 Å². The molecule has 0 atom stereocenters. The lowest BCUT2D eigenvalue weighted by Crippen LogP contribution is -2.25. The Morgan fingerprint density at radius 2 is 1.36 bits per heavy atom. The van der Waals surface area contributed by atoms with Crippen LogP contribution in [-0.4, -0.2) is 8.42 Å². The summed E-state index contributed by atoms with van der Waals surface area (Å²) in [6.45, 7) is 3.28. The molecule has 0 aliphatic rings. The van der Waals surface area contributed by atoms with E-state index in [-0.39, 0.29) is 23.0 Å². The molecular weight excluding hydrogens is 463 g/mol. The number of nitrogens with zero attached hydrogens (tertiary/aromatic N) is 1. The molecule has 0 bridgehead atoms. The van der Waals surface area contributed by atoms with Gasteiger partial charge in [-0.25, -0.2) is 35.5 Å². The zero-order valence-electron chi connectivity index (χ0n) is 17.7. The van der Waals surface area contributed by atoms with Gasteiger partial charge in [0.1, 0.15) is 0 Å². The van der Waals surface area contributed by atoms with E-state index in [0.29, 0.717) is 5.56 Å². The topological polar surface area (TPSA) is 63.4 Å². The van der Waals surface area contributed by atoms with Crippen LogP contribution in [0.25, 0.3) is 0 Å². The summed E-state index contributed by atoms with van der Waals surface area (Å²) in [5, 5.41) is 5.17. The summed E-state index contributed by atoms with van der Waals surface area (Å²) >= 11 is 0. The fourth-order valence-electron chi connectivity index (χ4n) is 3.30. The van der Waals surface area contributed by atoms with Crippen LogP contribution >= 0.6 is 0 Å². The van der Waals surface area contributed by atoms with Crippen LogP contribution < -0.4 is 10.0 Å². The molecule has 0 unspecified atom stereocenters.